The van der Waals surface area contributed by atoms with Gasteiger partial charge in [0.15, 0.2) is 11.4 Å². The van der Waals surface area contributed by atoms with Crippen molar-refractivity contribution in [2.24, 2.45) is 0 Å². The van der Waals surface area contributed by atoms with E-state index in [-0.39, 0.29) is 5.78 Å². The van der Waals surface area contributed by atoms with E-state index in [2.05, 4.69) is 4.98 Å². The highest BCUT2D eigenvalue weighted by molar-refractivity contribution is 6.08. The van der Waals surface area contributed by atoms with Crippen LogP contribution in [0.1, 0.15) is 47.6 Å². The first kappa shape index (κ1) is 23.2. The number of rotatable bonds is 9. The van der Waals surface area contributed by atoms with E-state index < -0.39 is 11.6 Å². The highest BCUT2D eigenvalue weighted by atomic mass is 16.5. The maximum atomic E-state index is 13.3. The predicted molar refractivity (Wildman–Crippen MR) is 131 cm³/mol. The minimum absolute atomic E-state index is 0.0949. The average Bonchev–Trinajstić information content (AvgIpc) is 3.18. The van der Waals surface area contributed by atoms with Crippen LogP contribution < -0.4 is 4.74 Å². The van der Waals surface area contributed by atoms with Gasteiger partial charge in [0.2, 0.25) is 5.78 Å². The molecule has 0 bridgehead atoms. The van der Waals surface area contributed by atoms with E-state index in [0.717, 1.165) is 35.0 Å². The van der Waals surface area contributed by atoms with Crippen LogP contribution in [-0.4, -0.2) is 32.0 Å². The molecule has 34 heavy (non-hydrogen) atoms. The first-order chi connectivity index (χ1) is 16.2. The number of fused-ring (bicyclic) bond motifs is 1. The number of carbonyl (C=O) groups is 2. The molecule has 0 unspecified atom stereocenters. The minimum atomic E-state index is -1.31. The van der Waals surface area contributed by atoms with E-state index in [1.165, 1.54) is 13.8 Å². The Morgan fingerprint density at radius 3 is 2.47 bits per heavy atom. The van der Waals surface area contributed by atoms with Crippen LogP contribution in [0.25, 0.3) is 11.0 Å². The van der Waals surface area contributed by atoms with Gasteiger partial charge in [0.05, 0.1) is 11.0 Å². The molecule has 0 atom stereocenters. The van der Waals surface area contributed by atoms with Gasteiger partial charge in [-0.25, -0.2) is 9.78 Å². The highest BCUT2D eigenvalue weighted by Gasteiger charge is 2.29. The maximum absolute atomic E-state index is 13.3. The summed E-state index contributed by atoms with van der Waals surface area (Å²) in [6.45, 7) is 5.67. The van der Waals surface area contributed by atoms with Gasteiger partial charge in [0.25, 0.3) is 0 Å². The number of carbonyl (C=O) groups excluding carboxylic acids is 1. The van der Waals surface area contributed by atoms with E-state index in [0.29, 0.717) is 23.7 Å². The summed E-state index contributed by atoms with van der Waals surface area (Å²) in [7, 11) is 0. The predicted octanol–water partition coefficient (Wildman–Crippen LogP) is 5.45. The molecule has 3 aromatic carbocycles. The molecule has 4 rings (SSSR count). The van der Waals surface area contributed by atoms with Crippen LogP contribution in [0.3, 0.4) is 0 Å². The highest BCUT2D eigenvalue weighted by Crippen LogP contribution is 2.23. The minimum Gasteiger partial charge on any atom is -0.478 e. The second-order valence-corrected chi connectivity index (χ2v) is 8.94. The molecule has 0 saturated carbocycles. The molecule has 0 spiro atoms. The third-order valence-electron chi connectivity index (χ3n) is 5.81. The first-order valence-corrected chi connectivity index (χ1v) is 11.3. The monoisotopic (exact) mass is 456 g/mol. The topological polar surface area (TPSA) is 81.4 Å². The fourth-order valence-electron chi connectivity index (χ4n) is 3.85. The Hall–Kier alpha value is -3.93. The lowest BCUT2D eigenvalue weighted by molar-refractivity contribution is -0.152. The third-order valence-corrected chi connectivity index (χ3v) is 5.81. The number of para-hydroxylation sites is 2. The Labute approximate surface area is 198 Å². The number of aromatic nitrogens is 2. The quantitative estimate of drug-likeness (QED) is 0.339. The molecule has 4 aromatic rings. The summed E-state index contributed by atoms with van der Waals surface area (Å²) in [4.78, 5) is 29.3. The van der Waals surface area contributed by atoms with E-state index in [9.17, 15) is 14.7 Å². The molecule has 0 fully saturated rings. The van der Waals surface area contributed by atoms with Crippen molar-refractivity contribution in [2.75, 3.05) is 0 Å². The number of hydrogen-bond donors (Lipinski definition) is 1. The van der Waals surface area contributed by atoms with Crippen molar-refractivity contribution >= 4 is 22.8 Å². The van der Waals surface area contributed by atoms with Crippen LogP contribution in [0.15, 0.2) is 72.8 Å². The van der Waals surface area contributed by atoms with Gasteiger partial charge < -0.3 is 14.4 Å². The van der Waals surface area contributed by atoms with Gasteiger partial charge in [-0.1, -0.05) is 54.1 Å². The molecular formula is C28H28N2O4. The van der Waals surface area contributed by atoms with E-state index in [1.54, 1.807) is 6.07 Å². The summed E-state index contributed by atoms with van der Waals surface area (Å²) < 4.78 is 7.65. The van der Waals surface area contributed by atoms with E-state index in [4.69, 9.17) is 4.74 Å². The molecule has 6 heteroatoms. The van der Waals surface area contributed by atoms with Crippen LogP contribution in [0.2, 0.25) is 0 Å². The Bertz CT molecular complexity index is 1340. The molecule has 0 saturated heterocycles. The number of carboxylic acids is 1. The number of ether oxygens (including phenoxy) is 1. The van der Waals surface area contributed by atoms with Gasteiger partial charge in [0.1, 0.15) is 5.75 Å². The number of aryl methyl sites for hydroxylation is 3. The summed E-state index contributed by atoms with van der Waals surface area (Å²) in [6.07, 6.45) is 1.52. The fraction of sp³-hybridized carbons (Fsp3) is 0.250. The lowest BCUT2D eigenvalue weighted by atomic mass is 10.1. The zero-order valence-electron chi connectivity index (χ0n) is 19.6. The summed E-state index contributed by atoms with van der Waals surface area (Å²) in [5.74, 6) is -0.156. The molecule has 1 heterocycles. The molecular weight excluding hydrogens is 428 g/mol. The normalized spacial score (nSPS) is 11.5. The number of hydrogen-bond acceptors (Lipinski definition) is 4. The van der Waals surface area contributed by atoms with Crippen LogP contribution in [0.4, 0.5) is 0 Å². The number of imidazole rings is 1. The summed E-state index contributed by atoms with van der Waals surface area (Å²) in [5, 5.41) is 9.31. The Kier molecular flexibility index (Phi) is 6.50. The molecule has 0 aliphatic carbocycles. The molecule has 1 N–H and O–H groups in total. The molecule has 0 radical (unpaired) electrons. The van der Waals surface area contributed by atoms with Gasteiger partial charge >= 0.3 is 5.97 Å². The number of aliphatic carboxylic acids is 1. The Morgan fingerprint density at radius 2 is 1.74 bits per heavy atom. The van der Waals surface area contributed by atoms with E-state index >= 15 is 0 Å². The zero-order valence-corrected chi connectivity index (χ0v) is 19.6. The second-order valence-electron chi connectivity index (χ2n) is 8.94. The molecule has 1 aromatic heterocycles. The summed E-state index contributed by atoms with van der Waals surface area (Å²) in [5.41, 5.74) is 3.17. The van der Waals surface area contributed by atoms with Crippen molar-refractivity contribution < 1.29 is 19.4 Å². The van der Waals surface area contributed by atoms with Gasteiger partial charge in [-0.15, -0.1) is 0 Å². The van der Waals surface area contributed by atoms with Gasteiger partial charge in [-0.05, 0) is 63.4 Å². The second kappa shape index (κ2) is 9.51. The van der Waals surface area contributed by atoms with Gasteiger partial charge in [-0.2, -0.15) is 0 Å². The largest absolute Gasteiger partial charge is 0.478 e. The van der Waals surface area contributed by atoms with Crippen molar-refractivity contribution in [3.8, 4) is 5.75 Å². The summed E-state index contributed by atoms with van der Waals surface area (Å²) >= 11 is 0. The average molecular weight is 457 g/mol. The molecule has 0 aliphatic heterocycles. The van der Waals surface area contributed by atoms with Crippen LogP contribution in [-0.2, 0) is 17.8 Å². The molecule has 0 aliphatic rings. The number of ketones is 1. The lowest BCUT2D eigenvalue weighted by Gasteiger charge is -2.21. The van der Waals surface area contributed by atoms with Crippen molar-refractivity contribution in [2.45, 2.75) is 45.8 Å². The maximum Gasteiger partial charge on any atom is 0.347 e. The zero-order chi connectivity index (χ0) is 24.3. The SMILES string of the molecule is Cc1ccc(C(=O)c2nc3ccccc3n2CCCc2cccc(OC(C)(C)C(=O)O)c2)cc1. The van der Waals surface area contributed by atoms with Crippen molar-refractivity contribution in [1.29, 1.82) is 0 Å². The Balaban J connectivity index is 1.53. The van der Waals surface area contributed by atoms with Crippen molar-refractivity contribution in [3.63, 3.8) is 0 Å². The third kappa shape index (κ3) is 5.01. The van der Waals surface area contributed by atoms with Crippen LogP contribution in [0, 0.1) is 6.92 Å². The van der Waals surface area contributed by atoms with Crippen molar-refractivity contribution in [3.05, 3.63) is 95.3 Å². The number of nitrogens with zero attached hydrogens (tertiary/aromatic N) is 2. The van der Waals surface area contributed by atoms with Crippen molar-refractivity contribution in [1.82, 2.24) is 9.55 Å². The number of benzene rings is 3. The van der Waals surface area contributed by atoms with Gasteiger partial charge in [-0.3, -0.25) is 4.79 Å². The Morgan fingerprint density at radius 1 is 1.00 bits per heavy atom. The smallest absolute Gasteiger partial charge is 0.347 e. The van der Waals surface area contributed by atoms with Crippen LogP contribution >= 0.6 is 0 Å². The van der Waals surface area contributed by atoms with E-state index in [1.807, 2.05) is 78.2 Å². The van der Waals surface area contributed by atoms with Crippen LogP contribution in [0.5, 0.6) is 5.75 Å². The summed E-state index contributed by atoms with van der Waals surface area (Å²) in [6, 6.07) is 22.8. The first-order valence-electron chi connectivity index (χ1n) is 11.3. The molecule has 174 valence electrons. The standard InChI is InChI=1S/C28H28N2O4/c1-19-13-15-21(16-14-19)25(31)26-29-23-11-4-5-12-24(23)30(26)17-7-9-20-8-6-10-22(18-20)34-28(2,3)27(32)33/h4-6,8,10-16,18H,7,9,17H2,1-3H3,(H,32,33). The molecule has 0 amide bonds. The number of carboxylic acid groups (broad SMARTS) is 1. The lowest BCUT2D eigenvalue weighted by Crippen LogP contribution is -2.37. The van der Waals surface area contributed by atoms with Gasteiger partial charge in [0, 0.05) is 12.1 Å². The molecule has 6 nitrogen and oxygen atoms in total. The fourth-order valence-corrected chi connectivity index (χ4v) is 3.85.